The molecule has 4 heteroatoms. The Bertz CT molecular complexity index is 491. The number of carbonyl (C=O) groups is 1. The molecular weight excluding hydrogens is 286 g/mol. The van der Waals surface area contributed by atoms with Crippen LogP contribution in [0.3, 0.4) is 0 Å². The van der Waals surface area contributed by atoms with E-state index in [-0.39, 0.29) is 0 Å². The van der Waals surface area contributed by atoms with Crippen molar-refractivity contribution in [3.8, 4) is 0 Å². The minimum atomic E-state index is 0.296. The molecule has 1 aliphatic carbocycles. The Morgan fingerprint density at radius 3 is 2.35 bits per heavy atom. The third-order valence-electron chi connectivity index (χ3n) is 5.37. The number of piperazine rings is 1. The number of hydrogen-bond donors (Lipinski definition) is 0. The molecule has 126 valence electrons. The number of para-hydroxylation sites is 1. The first-order valence-electron chi connectivity index (χ1n) is 9.02. The second-order valence-electron chi connectivity index (χ2n) is 6.90. The van der Waals surface area contributed by atoms with Crippen LogP contribution < -0.4 is 4.90 Å². The summed E-state index contributed by atoms with van der Waals surface area (Å²) in [5.74, 6) is 0.296. The Balaban J connectivity index is 1.45. The van der Waals surface area contributed by atoms with Crippen LogP contribution in [0.5, 0.6) is 0 Å². The van der Waals surface area contributed by atoms with E-state index in [0.29, 0.717) is 18.5 Å². The van der Waals surface area contributed by atoms with E-state index in [4.69, 9.17) is 0 Å². The van der Waals surface area contributed by atoms with Crippen LogP contribution in [0.2, 0.25) is 0 Å². The van der Waals surface area contributed by atoms with Gasteiger partial charge in [0.25, 0.3) is 0 Å². The lowest BCUT2D eigenvalue weighted by molar-refractivity contribution is -0.133. The standard InChI is InChI=1S/C19H29N3O/c1-20(17-8-4-2-5-9-17)19(23)16-21-12-14-22(15-13-21)18-10-6-3-7-11-18/h3,6-7,10-11,17H,2,4-5,8-9,12-16H2,1H3. The fraction of sp³-hybridized carbons (Fsp3) is 0.632. The SMILES string of the molecule is CN(C(=O)CN1CCN(c2ccccc2)CC1)C1CCCCC1. The van der Waals surface area contributed by atoms with E-state index in [2.05, 4.69) is 40.1 Å². The number of hydrogen-bond acceptors (Lipinski definition) is 3. The molecule has 0 bridgehead atoms. The molecule has 1 heterocycles. The van der Waals surface area contributed by atoms with Gasteiger partial charge in [0, 0.05) is 45.0 Å². The molecule has 0 spiro atoms. The van der Waals surface area contributed by atoms with Crippen LogP contribution in [0, 0.1) is 0 Å². The van der Waals surface area contributed by atoms with Gasteiger partial charge >= 0.3 is 0 Å². The van der Waals surface area contributed by atoms with E-state index in [1.54, 1.807) is 0 Å². The molecule has 4 nitrogen and oxygen atoms in total. The Morgan fingerprint density at radius 1 is 1.04 bits per heavy atom. The van der Waals surface area contributed by atoms with Crippen molar-refractivity contribution >= 4 is 11.6 Å². The molecule has 0 atom stereocenters. The lowest BCUT2D eigenvalue weighted by Crippen LogP contribution is -2.51. The summed E-state index contributed by atoms with van der Waals surface area (Å²) in [5, 5.41) is 0. The van der Waals surface area contributed by atoms with Gasteiger partial charge in [-0.2, -0.15) is 0 Å². The highest BCUT2D eigenvalue weighted by Gasteiger charge is 2.25. The highest BCUT2D eigenvalue weighted by molar-refractivity contribution is 5.78. The first kappa shape index (κ1) is 16.3. The monoisotopic (exact) mass is 315 g/mol. The van der Waals surface area contributed by atoms with Gasteiger partial charge in [0.05, 0.1) is 6.54 Å². The van der Waals surface area contributed by atoms with Crippen LogP contribution >= 0.6 is 0 Å². The number of anilines is 1. The first-order valence-corrected chi connectivity index (χ1v) is 9.02. The molecule has 1 saturated heterocycles. The average Bonchev–Trinajstić information content (AvgIpc) is 2.63. The predicted octanol–water partition coefficient (Wildman–Crippen LogP) is 2.60. The molecule has 1 aromatic rings. The van der Waals surface area contributed by atoms with Gasteiger partial charge in [0.15, 0.2) is 0 Å². The molecule has 0 radical (unpaired) electrons. The zero-order chi connectivity index (χ0) is 16.1. The lowest BCUT2D eigenvalue weighted by Gasteiger charge is -2.37. The topological polar surface area (TPSA) is 26.8 Å². The zero-order valence-electron chi connectivity index (χ0n) is 14.3. The van der Waals surface area contributed by atoms with Crippen LogP contribution in [-0.2, 0) is 4.79 Å². The van der Waals surface area contributed by atoms with Gasteiger partial charge < -0.3 is 9.80 Å². The van der Waals surface area contributed by atoms with Gasteiger partial charge in [-0.05, 0) is 25.0 Å². The first-order chi connectivity index (χ1) is 11.2. The van der Waals surface area contributed by atoms with E-state index in [1.165, 1.54) is 37.8 Å². The number of rotatable bonds is 4. The van der Waals surface area contributed by atoms with Crippen molar-refractivity contribution in [3.63, 3.8) is 0 Å². The Hall–Kier alpha value is -1.55. The number of carbonyl (C=O) groups excluding carboxylic acids is 1. The summed E-state index contributed by atoms with van der Waals surface area (Å²) in [6.45, 7) is 4.53. The van der Waals surface area contributed by atoms with E-state index < -0.39 is 0 Å². The van der Waals surface area contributed by atoms with Crippen LogP contribution in [-0.4, -0.2) is 61.5 Å². The van der Waals surface area contributed by atoms with E-state index >= 15 is 0 Å². The molecule has 1 aliphatic heterocycles. The molecule has 2 aliphatic rings. The Morgan fingerprint density at radius 2 is 1.70 bits per heavy atom. The third-order valence-corrected chi connectivity index (χ3v) is 5.37. The summed E-state index contributed by atoms with van der Waals surface area (Å²) >= 11 is 0. The van der Waals surface area contributed by atoms with Crippen molar-refractivity contribution in [3.05, 3.63) is 30.3 Å². The zero-order valence-corrected chi connectivity index (χ0v) is 14.3. The smallest absolute Gasteiger partial charge is 0.236 e. The summed E-state index contributed by atoms with van der Waals surface area (Å²) in [5.41, 5.74) is 1.29. The van der Waals surface area contributed by atoms with Crippen LogP contribution in [0.4, 0.5) is 5.69 Å². The number of benzene rings is 1. The maximum absolute atomic E-state index is 12.5. The third kappa shape index (κ3) is 4.25. The molecule has 0 aromatic heterocycles. The van der Waals surface area contributed by atoms with Gasteiger partial charge in [0.2, 0.25) is 5.91 Å². The highest BCUT2D eigenvalue weighted by atomic mass is 16.2. The van der Waals surface area contributed by atoms with Crippen LogP contribution in [0.15, 0.2) is 30.3 Å². The van der Waals surface area contributed by atoms with Crippen LogP contribution in [0.1, 0.15) is 32.1 Å². The molecular formula is C19H29N3O. The fourth-order valence-electron chi connectivity index (χ4n) is 3.78. The van der Waals surface area contributed by atoms with Gasteiger partial charge in [-0.25, -0.2) is 0 Å². The predicted molar refractivity (Wildman–Crippen MR) is 94.7 cm³/mol. The maximum Gasteiger partial charge on any atom is 0.236 e. The normalized spacial score (nSPS) is 20.5. The van der Waals surface area contributed by atoms with Crippen molar-refractivity contribution in [1.82, 2.24) is 9.80 Å². The molecule has 0 unspecified atom stereocenters. The van der Waals surface area contributed by atoms with Crippen molar-refractivity contribution in [2.24, 2.45) is 0 Å². The lowest BCUT2D eigenvalue weighted by atomic mass is 9.94. The van der Waals surface area contributed by atoms with Gasteiger partial charge in [-0.15, -0.1) is 0 Å². The van der Waals surface area contributed by atoms with Crippen molar-refractivity contribution in [2.75, 3.05) is 44.7 Å². The van der Waals surface area contributed by atoms with E-state index in [1.807, 2.05) is 11.9 Å². The van der Waals surface area contributed by atoms with Crippen LogP contribution in [0.25, 0.3) is 0 Å². The maximum atomic E-state index is 12.5. The summed E-state index contributed by atoms with van der Waals surface area (Å²) in [6, 6.07) is 11.0. The molecule has 23 heavy (non-hydrogen) atoms. The summed E-state index contributed by atoms with van der Waals surface area (Å²) < 4.78 is 0. The molecule has 1 amide bonds. The summed E-state index contributed by atoms with van der Waals surface area (Å²) in [7, 11) is 2.00. The van der Waals surface area contributed by atoms with Gasteiger partial charge in [0.1, 0.15) is 0 Å². The quantitative estimate of drug-likeness (QED) is 0.854. The minimum Gasteiger partial charge on any atom is -0.369 e. The number of likely N-dealkylation sites (N-methyl/N-ethyl adjacent to an activating group) is 1. The van der Waals surface area contributed by atoms with Crippen molar-refractivity contribution in [2.45, 2.75) is 38.1 Å². The minimum absolute atomic E-state index is 0.296. The summed E-state index contributed by atoms with van der Waals surface area (Å²) in [4.78, 5) is 19.3. The number of nitrogens with zero attached hydrogens (tertiary/aromatic N) is 3. The average molecular weight is 315 g/mol. The highest BCUT2D eigenvalue weighted by Crippen LogP contribution is 2.22. The largest absolute Gasteiger partial charge is 0.369 e. The second-order valence-corrected chi connectivity index (χ2v) is 6.90. The van der Waals surface area contributed by atoms with Gasteiger partial charge in [-0.3, -0.25) is 9.69 Å². The van der Waals surface area contributed by atoms with Crippen molar-refractivity contribution < 1.29 is 4.79 Å². The second kappa shape index (κ2) is 7.82. The Kier molecular flexibility index (Phi) is 5.55. The molecule has 1 saturated carbocycles. The molecule has 3 rings (SSSR count). The van der Waals surface area contributed by atoms with E-state index in [0.717, 1.165) is 26.2 Å². The summed E-state index contributed by atoms with van der Waals surface area (Å²) in [6.07, 6.45) is 6.25. The molecule has 0 N–H and O–H groups in total. The number of amides is 1. The Labute approximate surface area is 140 Å². The molecule has 2 fully saturated rings. The van der Waals surface area contributed by atoms with E-state index in [9.17, 15) is 4.79 Å². The molecule has 1 aromatic carbocycles. The fourth-order valence-corrected chi connectivity index (χ4v) is 3.78. The van der Waals surface area contributed by atoms with Gasteiger partial charge in [-0.1, -0.05) is 37.5 Å². The van der Waals surface area contributed by atoms with Crippen molar-refractivity contribution in [1.29, 1.82) is 0 Å².